The van der Waals surface area contributed by atoms with Gasteiger partial charge in [0.15, 0.2) is 0 Å². The number of nitrogens with zero attached hydrogens (tertiary/aromatic N) is 1. The molecule has 90 valence electrons. The summed E-state index contributed by atoms with van der Waals surface area (Å²) in [6.45, 7) is 2.27. The lowest BCUT2D eigenvalue weighted by atomic mass is 10.2. The van der Waals surface area contributed by atoms with Crippen molar-refractivity contribution in [1.82, 2.24) is 10.2 Å². The van der Waals surface area contributed by atoms with Crippen LogP contribution in [0.5, 0.6) is 0 Å². The minimum atomic E-state index is -0.255. The van der Waals surface area contributed by atoms with Crippen LogP contribution < -0.4 is 5.32 Å². The molecular weight excluding hydrogens is 280 g/mol. The van der Waals surface area contributed by atoms with Crippen molar-refractivity contribution < 1.29 is 4.79 Å². The molecule has 1 N–H and O–H groups in total. The van der Waals surface area contributed by atoms with Crippen molar-refractivity contribution in [2.75, 3.05) is 20.1 Å². The molecule has 3 nitrogen and oxygen atoms in total. The third-order valence-corrected chi connectivity index (χ3v) is 2.43. The topological polar surface area (TPSA) is 32.3 Å². The first-order chi connectivity index (χ1) is 8.22. The molecule has 0 spiro atoms. The van der Waals surface area contributed by atoms with Gasteiger partial charge in [0.25, 0.3) is 5.91 Å². The van der Waals surface area contributed by atoms with Crippen molar-refractivity contribution in [2.24, 2.45) is 0 Å². The highest BCUT2D eigenvalue weighted by atomic mass is 79.9. The van der Waals surface area contributed by atoms with E-state index in [1.54, 1.807) is 0 Å². The summed E-state index contributed by atoms with van der Waals surface area (Å²) in [4.78, 5) is 15.6. The molecule has 0 radical (unpaired) electrons. The molecule has 0 atom stereocenters. The first-order valence-corrected chi connectivity index (χ1v) is 6.13. The molecule has 0 bridgehead atoms. The fourth-order valence-corrected chi connectivity index (χ4v) is 1.60. The van der Waals surface area contributed by atoms with Gasteiger partial charge < -0.3 is 10.2 Å². The first kappa shape index (κ1) is 13.8. The van der Waals surface area contributed by atoms with Crippen LogP contribution in [-0.2, 0) is 11.3 Å². The maximum absolute atomic E-state index is 11.0. The Morgan fingerprint density at radius 3 is 2.76 bits per heavy atom. The first-order valence-electron chi connectivity index (χ1n) is 5.34. The predicted octanol–water partition coefficient (Wildman–Crippen LogP) is 1.59. The number of hydrogen-bond donors (Lipinski definition) is 1. The van der Waals surface area contributed by atoms with Gasteiger partial charge in [-0.05, 0) is 17.4 Å². The van der Waals surface area contributed by atoms with Crippen molar-refractivity contribution in [2.45, 2.75) is 6.54 Å². The molecule has 0 heterocycles. The molecule has 17 heavy (non-hydrogen) atoms. The lowest BCUT2D eigenvalue weighted by molar-refractivity contribution is -0.115. The van der Waals surface area contributed by atoms with Gasteiger partial charge >= 0.3 is 0 Å². The van der Waals surface area contributed by atoms with Crippen LogP contribution in [0.2, 0.25) is 0 Å². The molecule has 0 aliphatic rings. The Kier molecular flexibility index (Phi) is 6.38. The second-order valence-electron chi connectivity index (χ2n) is 3.70. The molecule has 1 amide bonds. The molecule has 0 saturated carbocycles. The van der Waals surface area contributed by atoms with E-state index in [-0.39, 0.29) is 5.91 Å². The van der Waals surface area contributed by atoms with Crippen molar-refractivity contribution >= 4 is 21.8 Å². The minimum absolute atomic E-state index is 0.255. The summed E-state index contributed by atoms with van der Waals surface area (Å²) in [5.74, 6) is 2.11. The molecule has 4 heteroatoms. The summed E-state index contributed by atoms with van der Waals surface area (Å²) in [6, 6.07) is 10.2. The molecule has 0 aliphatic heterocycles. The van der Waals surface area contributed by atoms with E-state index in [0.717, 1.165) is 13.1 Å². The number of halogens is 1. The van der Waals surface area contributed by atoms with Gasteiger partial charge in [0, 0.05) is 41.5 Å². The van der Waals surface area contributed by atoms with Crippen LogP contribution in [0.15, 0.2) is 30.3 Å². The Labute approximate surface area is 110 Å². The SMILES string of the molecule is CN(CCNC(=O)C#CBr)Cc1ccccc1. The lowest BCUT2D eigenvalue weighted by Crippen LogP contribution is -2.32. The van der Waals surface area contributed by atoms with Crippen LogP contribution in [0.4, 0.5) is 0 Å². The Balaban J connectivity index is 2.23. The number of amides is 1. The van der Waals surface area contributed by atoms with Crippen molar-refractivity contribution in [3.63, 3.8) is 0 Å². The second-order valence-corrected chi connectivity index (χ2v) is 4.10. The largest absolute Gasteiger partial charge is 0.344 e. The van der Waals surface area contributed by atoms with E-state index >= 15 is 0 Å². The van der Waals surface area contributed by atoms with E-state index in [9.17, 15) is 4.79 Å². The summed E-state index contributed by atoms with van der Waals surface area (Å²) in [5.41, 5.74) is 1.27. The van der Waals surface area contributed by atoms with E-state index < -0.39 is 0 Å². The third kappa shape index (κ3) is 6.10. The van der Waals surface area contributed by atoms with Gasteiger partial charge in [-0.2, -0.15) is 0 Å². The fraction of sp³-hybridized carbons (Fsp3) is 0.308. The van der Waals surface area contributed by atoms with Gasteiger partial charge in [0.2, 0.25) is 0 Å². The molecule has 0 aromatic heterocycles. The van der Waals surface area contributed by atoms with Crippen LogP contribution >= 0.6 is 15.9 Å². The van der Waals surface area contributed by atoms with Crippen molar-refractivity contribution in [1.29, 1.82) is 0 Å². The van der Waals surface area contributed by atoms with Gasteiger partial charge in [0.05, 0.1) is 0 Å². The Morgan fingerprint density at radius 2 is 2.12 bits per heavy atom. The second kappa shape index (κ2) is 7.88. The maximum atomic E-state index is 11.0. The zero-order chi connectivity index (χ0) is 12.5. The molecule has 0 fully saturated rings. The zero-order valence-electron chi connectivity index (χ0n) is 9.74. The fourth-order valence-electron chi connectivity index (χ4n) is 1.42. The number of rotatable bonds is 5. The molecule has 0 unspecified atom stereocenters. The minimum Gasteiger partial charge on any atom is -0.344 e. The smallest absolute Gasteiger partial charge is 0.296 e. The summed E-state index contributed by atoms with van der Waals surface area (Å²) in [7, 11) is 2.02. The number of hydrogen-bond acceptors (Lipinski definition) is 2. The highest BCUT2D eigenvalue weighted by Crippen LogP contribution is 2.01. The molecule has 1 aromatic rings. The van der Waals surface area contributed by atoms with E-state index in [0.29, 0.717) is 6.54 Å². The van der Waals surface area contributed by atoms with Crippen molar-refractivity contribution in [3.05, 3.63) is 35.9 Å². The van der Waals surface area contributed by atoms with Gasteiger partial charge in [-0.3, -0.25) is 4.79 Å². The number of carbonyl (C=O) groups excluding carboxylic acids is 1. The molecular formula is C13H15BrN2O. The third-order valence-electron chi connectivity index (χ3n) is 2.24. The van der Waals surface area contributed by atoms with E-state index in [1.165, 1.54) is 5.56 Å². The quantitative estimate of drug-likeness (QED) is 0.837. The monoisotopic (exact) mass is 294 g/mol. The van der Waals surface area contributed by atoms with E-state index in [1.807, 2.05) is 25.2 Å². The van der Waals surface area contributed by atoms with Crippen LogP contribution in [-0.4, -0.2) is 30.9 Å². The standard InChI is InChI=1S/C13H15BrN2O/c1-16(10-9-15-13(17)7-8-14)11-12-5-3-2-4-6-12/h2-6H,9-11H2,1H3,(H,15,17). The summed E-state index contributed by atoms with van der Waals surface area (Å²) in [5, 5.41) is 2.72. The highest BCUT2D eigenvalue weighted by Gasteiger charge is 2.00. The van der Waals surface area contributed by atoms with Crippen LogP contribution in [0.1, 0.15) is 5.56 Å². The van der Waals surface area contributed by atoms with Gasteiger partial charge in [-0.15, -0.1) is 0 Å². The Bertz CT molecular complexity index is 408. The van der Waals surface area contributed by atoms with Gasteiger partial charge in [-0.1, -0.05) is 30.3 Å². The molecule has 0 aliphatic carbocycles. The Morgan fingerprint density at radius 1 is 1.41 bits per heavy atom. The van der Waals surface area contributed by atoms with Gasteiger partial charge in [-0.25, -0.2) is 0 Å². The number of carbonyl (C=O) groups is 1. The van der Waals surface area contributed by atoms with Gasteiger partial charge in [0.1, 0.15) is 0 Å². The summed E-state index contributed by atoms with van der Waals surface area (Å²) >= 11 is 2.88. The van der Waals surface area contributed by atoms with Crippen LogP contribution in [0, 0.1) is 10.8 Å². The molecule has 0 saturated heterocycles. The normalized spacial score (nSPS) is 9.59. The zero-order valence-corrected chi connectivity index (χ0v) is 11.3. The highest BCUT2D eigenvalue weighted by molar-refractivity contribution is 9.12. The average Bonchev–Trinajstić information content (AvgIpc) is 2.30. The van der Waals surface area contributed by atoms with E-state index in [4.69, 9.17) is 0 Å². The van der Waals surface area contributed by atoms with E-state index in [2.05, 4.69) is 49.0 Å². The summed E-state index contributed by atoms with van der Waals surface area (Å²) in [6.07, 6.45) is 0. The predicted molar refractivity (Wildman–Crippen MR) is 72.5 cm³/mol. The summed E-state index contributed by atoms with van der Waals surface area (Å²) < 4.78 is 0. The van der Waals surface area contributed by atoms with Crippen LogP contribution in [0.3, 0.4) is 0 Å². The maximum Gasteiger partial charge on any atom is 0.296 e. The Hall–Kier alpha value is -1.31. The lowest BCUT2D eigenvalue weighted by Gasteiger charge is -2.16. The number of nitrogens with one attached hydrogen (secondary N) is 1. The molecule has 1 rings (SSSR count). The molecule has 1 aromatic carbocycles. The van der Waals surface area contributed by atoms with Crippen molar-refractivity contribution in [3.8, 4) is 10.8 Å². The number of likely N-dealkylation sites (N-methyl/N-ethyl adjacent to an activating group) is 1. The number of benzene rings is 1. The van der Waals surface area contributed by atoms with Crippen LogP contribution in [0.25, 0.3) is 0 Å². The average molecular weight is 295 g/mol.